The first-order chi connectivity index (χ1) is 6.86. The van der Waals surface area contributed by atoms with Gasteiger partial charge in [-0.3, -0.25) is 0 Å². The third-order valence-electron chi connectivity index (χ3n) is 4.20. The Balaban J connectivity index is 1.81. The van der Waals surface area contributed by atoms with Crippen molar-refractivity contribution in [3.05, 3.63) is 0 Å². The van der Waals surface area contributed by atoms with Gasteiger partial charge in [0.1, 0.15) is 0 Å². The molecule has 1 heterocycles. The zero-order valence-electron chi connectivity index (χ0n) is 9.60. The summed E-state index contributed by atoms with van der Waals surface area (Å²) in [5.41, 5.74) is 0. The molecule has 0 amide bonds. The van der Waals surface area contributed by atoms with Crippen LogP contribution < -0.4 is 5.32 Å². The molecule has 2 fully saturated rings. The Morgan fingerprint density at radius 2 is 1.50 bits per heavy atom. The Hall–Kier alpha value is -0.0400. The molecule has 2 rings (SSSR count). The van der Waals surface area contributed by atoms with Crippen molar-refractivity contribution >= 4 is 0 Å². The van der Waals surface area contributed by atoms with Crippen molar-refractivity contribution in [1.82, 2.24) is 5.32 Å². The summed E-state index contributed by atoms with van der Waals surface area (Å²) in [6, 6.07) is 0.783. The standard InChI is InChI=1S/C13H25N/c1-11-9-13(10-14-11)12-7-5-3-2-4-6-8-12/h11-14H,2-10H2,1H3. The van der Waals surface area contributed by atoms with Crippen LogP contribution in [-0.2, 0) is 0 Å². The fraction of sp³-hybridized carbons (Fsp3) is 1.00. The molecule has 0 radical (unpaired) electrons. The van der Waals surface area contributed by atoms with E-state index in [2.05, 4.69) is 12.2 Å². The van der Waals surface area contributed by atoms with Crippen LogP contribution in [0, 0.1) is 11.8 Å². The normalized spacial score (nSPS) is 36.6. The average Bonchev–Trinajstić information content (AvgIpc) is 2.51. The first-order valence-electron chi connectivity index (χ1n) is 6.59. The molecule has 2 aliphatic rings. The van der Waals surface area contributed by atoms with Crippen molar-refractivity contribution in [3.8, 4) is 0 Å². The highest BCUT2D eigenvalue weighted by atomic mass is 14.9. The van der Waals surface area contributed by atoms with Crippen LogP contribution in [0.4, 0.5) is 0 Å². The number of nitrogens with one attached hydrogen (secondary N) is 1. The fourth-order valence-corrected chi connectivity index (χ4v) is 3.29. The van der Waals surface area contributed by atoms with Crippen LogP contribution in [0.5, 0.6) is 0 Å². The van der Waals surface area contributed by atoms with Gasteiger partial charge in [0.05, 0.1) is 0 Å². The van der Waals surface area contributed by atoms with Crippen molar-refractivity contribution in [3.63, 3.8) is 0 Å². The summed E-state index contributed by atoms with van der Waals surface area (Å²) in [6.45, 7) is 3.63. The lowest BCUT2D eigenvalue weighted by Gasteiger charge is -2.25. The zero-order chi connectivity index (χ0) is 9.80. The third-order valence-corrected chi connectivity index (χ3v) is 4.20. The molecular weight excluding hydrogens is 170 g/mol. The van der Waals surface area contributed by atoms with E-state index in [1.807, 2.05) is 0 Å². The van der Waals surface area contributed by atoms with Crippen LogP contribution in [0.25, 0.3) is 0 Å². The van der Waals surface area contributed by atoms with Gasteiger partial charge in [0.2, 0.25) is 0 Å². The second-order valence-electron chi connectivity index (χ2n) is 5.41. The summed E-state index contributed by atoms with van der Waals surface area (Å²) >= 11 is 0. The van der Waals surface area contributed by atoms with Gasteiger partial charge < -0.3 is 5.32 Å². The Morgan fingerprint density at radius 3 is 2.07 bits per heavy atom. The molecule has 1 aliphatic heterocycles. The van der Waals surface area contributed by atoms with Gasteiger partial charge in [-0.05, 0) is 31.7 Å². The highest BCUT2D eigenvalue weighted by Crippen LogP contribution is 2.32. The van der Waals surface area contributed by atoms with E-state index in [9.17, 15) is 0 Å². The lowest BCUT2D eigenvalue weighted by Crippen LogP contribution is -2.20. The minimum absolute atomic E-state index is 0.783. The first kappa shape index (κ1) is 10.5. The highest BCUT2D eigenvalue weighted by Gasteiger charge is 2.28. The second kappa shape index (κ2) is 5.16. The lowest BCUT2D eigenvalue weighted by molar-refractivity contribution is 0.278. The second-order valence-corrected chi connectivity index (χ2v) is 5.41. The minimum atomic E-state index is 0.783. The van der Waals surface area contributed by atoms with Crippen LogP contribution in [-0.4, -0.2) is 12.6 Å². The Labute approximate surface area is 88.7 Å². The molecule has 1 heteroatoms. The summed E-state index contributed by atoms with van der Waals surface area (Å²) in [5, 5.41) is 3.60. The highest BCUT2D eigenvalue weighted by molar-refractivity contribution is 4.83. The number of rotatable bonds is 1. The molecule has 0 aromatic heterocycles. The topological polar surface area (TPSA) is 12.0 Å². The monoisotopic (exact) mass is 195 g/mol. The van der Waals surface area contributed by atoms with Crippen LogP contribution in [0.1, 0.15) is 58.3 Å². The molecule has 1 saturated carbocycles. The maximum Gasteiger partial charge on any atom is 0.00420 e. The molecule has 0 spiro atoms. The van der Waals surface area contributed by atoms with E-state index in [0.29, 0.717) is 0 Å². The van der Waals surface area contributed by atoms with E-state index in [0.717, 1.165) is 17.9 Å². The van der Waals surface area contributed by atoms with Crippen molar-refractivity contribution in [2.24, 2.45) is 11.8 Å². The van der Waals surface area contributed by atoms with Crippen molar-refractivity contribution in [1.29, 1.82) is 0 Å². The molecular formula is C13H25N. The van der Waals surface area contributed by atoms with Gasteiger partial charge in [-0.1, -0.05) is 44.9 Å². The molecule has 0 bridgehead atoms. The zero-order valence-corrected chi connectivity index (χ0v) is 9.60. The molecule has 0 aromatic carbocycles. The van der Waals surface area contributed by atoms with Gasteiger partial charge in [0.25, 0.3) is 0 Å². The predicted octanol–water partition coefficient (Wildman–Crippen LogP) is 3.34. The molecule has 2 unspecified atom stereocenters. The first-order valence-corrected chi connectivity index (χ1v) is 6.59. The van der Waals surface area contributed by atoms with E-state index in [-0.39, 0.29) is 0 Å². The van der Waals surface area contributed by atoms with E-state index < -0.39 is 0 Å². The van der Waals surface area contributed by atoms with Gasteiger partial charge in [0.15, 0.2) is 0 Å². The summed E-state index contributed by atoms with van der Waals surface area (Å²) < 4.78 is 0. The SMILES string of the molecule is CC1CC(C2CCCCCCC2)CN1. The fourth-order valence-electron chi connectivity index (χ4n) is 3.29. The summed E-state index contributed by atoms with van der Waals surface area (Å²) in [4.78, 5) is 0. The molecule has 14 heavy (non-hydrogen) atoms. The smallest absolute Gasteiger partial charge is 0.00420 e. The van der Waals surface area contributed by atoms with Crippen LogP contribution >= 0.6 is 0 Å². The lowest BCUT2D eigenvalue weighted by atomic mass is 9.81. The van der Waals surface area contributed by atoms with E-state index >= 15 is 0 Å². The molecule has 1 saturated heterocycles. The summed E-state index contributed by atoms with van der Waals surface area (Å²) in [6.07, 6.45) is 11.9. The van der Waals surface area contributed by atoms with Gasteiger partial charge in [0, 0.05) is 6.04 Å². The van der Waals surface area contributed by atoms with Crippen molar-refractivity contribution in [2.45, 2.75) is 64.3 Å². The van der Waals surface area contributed by atoms with Crippen molar-refractivity contribution < 1.29 is 0 Å². The van der Waals surface area contributed by atoms with E-state index in [1.165, 1.54) is 57.9 Å². The average molecular weight is 195 g/mol. The molecule has 1 nitrogen and oxygen atoms in total. The van der Waals surface area contributed by atoms with Crippen LogP contribution in [0.2, 0.25) is 0 Å². The summed E-state index contributed by atoms with van der Waals surface area (Å²) in [5.74, 6) is 2.05. The molecule has 1 N–H and O–H groups in total. The van der Waals surface area contributed by atoms with Gasteiger partial charge in [-0.25, -0.2) is 0 Å². The molecule has 2 atom stereocenters. The van der Waals surface area contributed by atoms with Crippen molar-refractivity contribution in [2.75, 3.05) is 6.54 Å². The number of hydrogen-bond donors (Lipinski definition) is 1. The van der Waals surface area contributed by atoms with Gasteiger partial charge in [-0.2, -0.15) is 0 Å². The van der Waals surface area contributed by atoms with Gasteiger partial charge in [-0.15, -0.1) is 0 Å². The van der Waals surface area contributed by atoms with Crippen LogP contribution in [0.3, 0.4) is 0 Å². The largest absolute Gasteiger partial charge is 0.314 e. The molecule has 82 valence electrons. The van der Waals surface area contributed by atoms with Gasteiger partial charge >= 0.3 is 0 Å². The van der Waals surface area contributed by atoms with E-state index in [1.54, 1.807) is 0 Å². The quantitative estimate of drug-likeness (QED) is 0.676. The maximum atomic E-state index is 3.60. The Kier molecular flexibility index (Phi) is 3.86. The Morgan fingerprint density at radius 1 is 0.857 bits per heavy atom. The third kappa shape index (κ3) is 2.73. The summed E-state index contributed by atoms with van der Waals surface area (Å²) in [7, 11) is 0. The number of hydrogen-bond acceptors (Lipinski definition) is 1. The Bertz CT molecular complexity index is 159. The predicted molar refractivity (Wildman–Crippen MR) is 61.4 cm³/mol. The minimum Gasteiger partial charge on any atom is -0.314 e. The van der Waals surface area contributed by atoms with E-state index in [4.69, 9.17) is 0 Å². The maximum absolute atomic E-state index is 3.60. The van der Waals surface area contributed by atoms with Crippen LogP contribution in [0.15, 0.2) is 0 Å². The molecule has 1 aliphatic carbocycles. The molecule has 0 aromatic rings.